The molecule has 21 heavy (non-hydrogen) atoms. The minimum atomic E-state index is 0.0743. The lowest BCUT2D eigenvalue weighted by atomic mass is 10.1. The third kappa shape index (κ3) is 7.93. The summed E-state index contributed by atoms with van der Waals surface area (Å²) in [4.78, 5) is 12.9. The van der Waals surface area contributed by atoms with E-state index in [1.807, 2.05) is 6.92 Å². The van der Waals surface area contributed by atoms with Crippen LogP contribution in [0, 0.1) is 13.8 Å². The highest BCUT2D eigenvalue weighted by Gasteiger charge is 2.02. The molecule has 0 aliphatic heterocycles. The third-order valence-electron chi connectivity index (χ3n) is 2.99. The van der Waals surface area contributed by atoms with Crippen LogP contribution in [0.1, 0.15) is 24.5 Å². The van der Waals surface area contributed by atoms with Gasteiger partial charge in [0.05, 0.1) is 13.2 Å². The first-order valence-electron chi connectivity index (χ1n) is 7.18. The van der Waals surface area contributed by atoms with Crippen molar-refractivity contribution >= 4 is 17.7 Å². The van der Waals surface area contributed by atoms with Crippen molar-refractivity contribution in [2.45, 2.75) is 32.1 Å². The molecule has 0 radical (unpaired) electrons. The molecule has 0 aromatic heterocycles. The molecule has 0 fully saturated rings. The Morgan fingerprint density at radius 2 is 2.10 bits per heavy atom. The highest BCUT2D eigenvalue weighted by atomic mass is 32.2. The summed E-state index contributed by atoms with van der Waals surface area (Å²) in [6.45, 7) is 11.5. The first-order valence-corrected chi connectivity index (χ1v) is 8.16. The fourth-order valence-electron chi connectivity index (χ4n) is 1.66. The predicted octanol–water partition coefficient (Wildman–Crippen LogP) is 3.49. The number of carbonyl (C=O) groups is 1. The van der Waals surface area contributed by atoms with Gasteiger partial charge in [-0.3, -0.25) is 4.79 Å². The zero-order chi connectivity index (χ0) is 15.7. The van der Waals surface area contributed by atoms with Crippen molar-refractivity contribution < 1.29 is 9.53 Å². The number of carbonyl (C=O) groups excluding carboxylic acids is 1. The molecule has 1 amide bonds. The summed E-state index contributed by atoms with van der Waals surface area (Å²) in [5.74, 6) is 0.867. The Morgan fingerprint density at radius 3 is 2.76 bits per heavy atom. The Balaban J connectivity index is 2.13. The number of amides is 1. The van der Waals surface area contributed by atoms with Crippen LogP contribution in [0.3, 0.4) is 0 Å². The van der Waals surface area contributed by atoms with Gasteiger partial charge in [-0.1, -0.05) is 18.2 Å². The van der Waals surface area contributed by atoms with Crippen LogP contribution in [0.25, 0.3) is 0 Å². The third-order valence-corrected chi connectivity index (χ3v) is 3.99. The van der Waals surface area contributed by atoms with E-state index in [2.05, 4.69) is 43.9 Å². The van der Waals surface area contributed by atoms with E-state index in [4.69, 9.17) is 4.74 Å². The van der Waals surface area contributed by atoms with Crippen molar-refractivity contribution in [3.05, 3.63) is 41.5 Å². The zero-order valence-electron chi connectivity index (χ0n) is 13.2. The van der Waals surface area contributed by atoms with E-state index in [1.165, 1.54) is 16.0 Å². The second kappa shape index (κ2) is 9.64. The molecule has 1 aromatic carbocycles. The van der Waals surface area contributed by atoms with Crippen LogP contribution < -0.4 is 5.32 Å². The minimum Gasteiger partial charge on any atom is -0.375 e. The molecule has 1 N–H and O–H groups in total. The van der Waals surface area contributed by atoms with E-state index in [1.54, 1.807) is 11.8 Å². The lowest BCUT2D eigenvalue weighted by molar-refractivity contribution is -0.120. The molecule has 0 unspecified atom stereocenters. The van der Waals surface area contributed by atoms with Gasteiger partial charge in [0.25, 0.3) is 0 Å². The summed E-state index contributed by atoms with van der Waals surface area (Å²) in [6.07, 6.45) is 0.526. The topological polar surface area (TPSA) is 38.3 Å². The lowest BCUT2D eigenvalue weighted by Crippen LogP contribution is -2.27. The normalized spacial score (nSPS) is 10.4. The molecule has 0 saturated carbocycles. The summed E-state index contributed by atoms with van der Waals surface area (Å²) < 4.78 is 5.32. The quantitative estimate of drug-likeness (QED) is 0.431. The van der Waals surface area contributed by atoms with E-state index in [0.717, 1.165) is 11.3 Å². The minimum absolute atomic E-state index is 0.0743. The van der Waals surface area contributed by atoms with Gasteiger partial charge in [0.15, 0.2) is 0 Å². The van der Waals surface area contributed by atoms with E-state index in [0.29, 0.717) is 26.2 Å². The molecule has 1 aromatic rings. The smallest absolute Gasteiger partial charge is 0.220 e. The van der Waals surface area contributed by atoms with E-state index >= 15 is 0 Å². The number of hydrogen-bond donors (Lipinski definition) is 1. The number of aryl methyl sites for hydroxylation is 2. The number of thioether (sulfide) groups is 1. The summed E-state index contributed by atoms with van der Waals surface area (Å²) in [6, 6.07) is 6.40. The maximum Gasteiger partial charge on any atom is 0.220 e. The molecule has 3 nitrogen and oxygen atoms in total. The van der Waals surface area contributed by atoms with E-state index < -0.39 is 0 Å². The fourth-order valence-corrected chi connectivity index (χ4v) is 2.61. The van der Waals surface area contributed by atoms with E-state index in [-0.39, 0.29) is 5.91 Å². The van der Waals surface area contributed by atoms with Gasteiger partial charge in [-0.2, -0.15) is 0 Å². The van der Waals surface area contributed by atoms with Crippen LogP contribution in [-0.2, 0) is 9.53 Å². The van der Waals surface area contributed by atoms with Crippen molar-refractivity contribution in [2.24, 2.45) is 0 Å². The molecule has 1 rings (SSSR count). The molecular weight excluding hydrogens is 282 g/mol. The summed E-state index contributed by atoms with van der Waals surface area (Å²) in [5, 5.41) is 2.86. The monoisotopic (exact) mass is 307 g/mol. The van der Waals surface area contributed by atoms with Crippen molar-refractivity contribution in [3.8, 4) is 0 Å². The number of benzene rings is 1. The summed E-state index contributed by atoms with van der Waals surface area (Å²) >= 11 is 1.72. The predicted molar refractivity (Wildman–Crippen MR) is 89.9 cm³/mol. The Morgan fingerprint density at radius 1 is 1.33 bits per heavy atom. The van der Waals surface area contributed by atoms with Crippen LogP contribution >= 0.6 is 11.8 Å². The zero-order valence-corrected chi connectivity index (χ0v) is 14.0. The molecule has 0 aliphatic rings. The van der Waals surface area contributed by atoms with Gasteiger partial charge in [0.2, 0.25) is 5.91 Å². The molecule has 4 heteroatoms. The number of ether oxygens (including phenoxy) is 1. The fraction of sp³-hybridized carbons (Fsp3) is 0.471. The van der Waals surface area contributed by atoms with Crippen molar-refractivity contribution in [1.29, 1.82) is 0 Å². The highest BCUT2D eigenvalue weighted by molar-refractivity contribution is 7.99. The average Bonchev–Trinajstić information content (AvgIpc) is 2.42. The Labute approximate surface area is 132 Å². The summed E-state index contributed by atoms with van der Waals surface area (Å²) in [5.41, 5.74) is 3.58. The number of hydrogen-bond acceptors (Lipinski definition) is 3. The van der Waals surface area contributed by atoms with Crippen molar-refractivity contribution in [2.75, 3.05) is 25.5 Å². The summed E-state index contributed by atoms with van der Waals surface area (Å²) in [7, 11) is 0. The van der Waals surface area contributed by atoms with Crippen LogP contribution in [0.15, 0.2) is 35.2 Å². The highest BCUT2D eigenvalue weighted by Crippen LogP contribution is 2.21. The standard InChI is InChI=1S/C17H25NO2S/c1-13(2)12-20-9-8-18-17(19)7-10-21-16-6-5-14(3)15(4)11-16/h5-6,11H,1,7-10,12H2,2-4H3,(H,18,19). The maximum absolute atomic E-state index is 11.7. The lowest BCUT2D eigenvalue weighted by Gasteiger charge is -2.07. The maximum atomic E-state index is 11.7. The van der Waals surface area contributed by atoms with Gasteiger partial charge < -0.3 is 10.1 Å². The molecular formula is C17H25NO2S. The molecule has 0 spiro atoms. The van der Waals surface area contributed by atoms with Crippen LogP contribution in [0.4, 0.5) is 0 Å². The number of rotatable bonds is 9. The first kappa shape index (κ1) is 17.8. The van der Waals surface area contributed by atoms with Gasteiger partial charge in [0, 0.05) is 23.6 Å². The Kier molecular flexibility index (Phi) is 8.16. The Bertz CT molecular complexity index is 486. The molecule has 0 atom stereocenters. The largest absolute Gasteiger partial charge is 0.375 e. The Hall–Kier alpha value is -1.26. The van der Waals surface area contributed by atoms with Gasteiger partial charge >= 0.3 is 0 Å². The average molecular weight is 307 g/mol. The van der Waals surface area contributed by atoms with Gasteiger partial charge in [-0.25, -0.2) is 0 Å². The molecule has 0 aliphatic carbocycles. The van der Waals surface area contributed by atoms with Crippen molar-refractivity contribution in [3.63, 3.8) is 0 Å². The van der Waals surface area contributed by atoms with Crippen molar-refractivity contribution in [1.82, 2.24) is 5.32 Å². The van der Waals surface area contributed by atoms with Crippen LogP contribution in [-0.4, -0.2) is 31.4 Å². The SMILES string of the molecule is C=C(C)COCCNC(=O)CCSc1ccc(C)c(C)c1. The van der Waals surface area contributed by atoms with Crippen LogP contribution in [0.5, 0.6) is 0 Å². The van der Waals surface area contributed by atoms with Gasteiger partial charge in [-0.05, 0) is 44.0 Å². The van der Waals surface area contributed by atoms with Crippen LogP contribution in [0.2, 0.25) is 0 Å². The molecule has 0 bridgehead atoms. The molecule has 0 saturated heterocycles. The second-order valence-corrected chi connectivity index (χ2v) is 6.37. The van der Waals surface area contributed by atoms with Gasteiger partial charge in [-0.15, -0.1) is 11.8 Å². The molecule has 0 heterocycles. The molecule has 116 valence electrons. The first-order chi connectivity index (χ1) is 9.99. The number of nitrogens with one attached hydrogen (secondary N) is 1. The second-order valence-electron chi connectivity index (χ2n) is 5.20. The van der Waals surface area contributed by atoms with E-state index in [9.17, 15) is 4.79 Å². The van der Waals surface area contributed by atoms with Gasteiger partial charge in [0.1, 0.15) is 0 Å².